The minimum atomic E-state index is -3.51. The van der Waals surface area contributed by atoms with Gasteiger partial charge in [0, 0.05) is 12.3 Å². The van der Waals surface area contributed by atoms with E-state index in [-0.39, 0.29) is 17.5 Å². The Balaban J connectivity index is 2.48. The second-order valence-corrected chi connectivity index (χ2v) is 9.08. The average Bonchev–Trinajstić information content (AvgIpc) is 2.26. The summed E-state index contributed by atoms with van der Waals surface area (Å²) in [6, 6.07) is -0.142. The first-order valence-corrected chi connectivity index (χ1v) is 9.79. The van der Waals surface area contributed by atoms with Crippen LogP contribution in [0.15, 0.2) is 0 Å². The molecule has 0 saturated carbocycles. The Morgan fingerprint density at radius 1 is 1.17 bits per heavy atom. The summed E-state index contributed by atoms with van der Waals surface area (Å²) in [7, 11) is -6.76. The van der Waals surface area contributed by atoms with Gasteiger partial charge in [-0.15, -0.1) is 0 Å². The van der Waals surface area contributed by atoms with Crippen LogP contribution in [0, 0.1) is 5.92 Å². The zero-order valence-electron chi connectivity index (χ0n) is 10.8. The van der Waals surface area contributed by atoms with Gasteiger partial charge in [-0.05, 0) is 38.8 Å². The van der Waals surface area contributed by atoms with Crippen molar-refractivity contribution in [2.75, 3.05) is 30.9 Å². The van der Waals surface area contributed by atoms with Crippen LogP contribution in [0.5, 0.6) is 0 Å². The highest BCUT2D eigenvalue weighted by atomic mass is 32.2. The number of nitrogens with one attached hydrogen (secondary N) is 2. The molecule has 1 fully saturated rings. The van der Waals surface area contributed by atoms with E-state index in [1.165, 1.54) is 0 Å². The lowest BCUT2D eigenvalue weighted by Crippen LogP contribution is -2.43. The van der Waals surface area contributed by atoms with E-state index in [1.54, 1.807) is 0 Å². The van der Waals surface area contributed by atoms with Crippen LogP contribution < -0.4 is 10.0 Å². The molecule has 1 saturated heterocycles. The fraction of sp³-hybridized carbons (Fsp3) is 1.00. The monoisotopic (exact) mass is 298 g/mol. The molecule has 1 atom stereocenters. The summed E-state index contributed by atoms with van der Waals surface area (Å²) in [5.41, 5.74) is 0. The Bertz CT molecular complexity index is 452. The number of sulfonamides is 1. The van der Waals surface area contributed by atoms with E-state index < -0.39 is 19.9 Å². The first-order chi connectivity index (χ1) is 8.20. The highest BCUT2D eigenvalue weighted by Crippen LogP contribution is 2.16. The van der Waals surface area contributed by atoms with Gasteiger partial charge >= 0.3 is 0 Å². The van der Waals surface area contributed by atoms with E-state index >= 15 is 0 Å². The molecular weight excluding hydrogens is 276 g/mol. The maximum absolute atomic E-state index is 11.7. The maximum Gasteiger partial charge on any atom is 0.212 e. The predicted molar refractivity (Wildman–Crippen MR) is 71.7 cm³/mol. The molecule has 2 N–H and O–H groups in total. The molecule has 6 nitrogen and oxygen atoms in total. The van der Waals surface area contributed by atoms with Crippen molar-refractivity contribution in [2.24, 2.45) is 5.92 Å². The molecule has 0 amide bonds. The van der Waals surface area contributed by atoms with E-state index in [4.69, 9.17) is 0 Å². The summed E-state index contributed by atoms with van der Waals surface area (Å²) in [5, 5.41) is 3.22. The highest BCUT2D eigenvalue weighted by molar-refractivity contribution is 7.93. The van der Waals surface area contributed by atoms with E-state index in [2.05, 4.69) is 10.0 Å². The lowest BCUT2D eigenvalue weighted by atomic mass is 9.92. The second-order valence-electron chi connectivity index (χ2n) is 4.94. The van der Waals surface area contributed by atoms with Crippen LogP contribution in [-0.2, 0) is 19.9 Å². The first kappa shape index (κ1) is 15.9. The van der Waals surface area contributed by atoms with E-state index in [9.17, 15) is 16.8 Å². The van der Waals surface area contributed by atoms with E-state index in [0.29, 0.717) is 5.92 Å². The number of sulfone groups is 1. The van der Waals surface area contributed by atoms with E-state index in [1.807, 2.05) is 6.92 Å². The van der Waals surface area contributed by atoms with Crippen molar-refractivity contribution in [1.82, 2.24) is 10.0 Å². The van der Waals surface area contributed by atoms with Gasteiger partial charge in [-0.1, -0.05) is 0 Å². The third kappa shape index (κ3) is 6.12. The van der Waals surface area contributed by atoms with Crippen LogP contribution in [-0.4, -0.2) is 53.7 Å². The fourth-order valence-corrected chi connectivity index (χ4v) is 5.01. The second kappa shape index (κ2) is 6.31. The van der Waals surface area contributed by atoms with E-state index in [0.717, 1.165) is 32.2 Å². The van der Waals surface area contributed by atoms with Crippen LogP contribution in [0.4, 0.5) is 0 Å². The molecule has 1 heterocycles. The number of rotatable bonds is 6. The summed E-state index contributed by atoms with van der Waals surface area (Å²) < 4.78 is 48.0. The molecule has 0 spiro atoms. The van der Waals surface area contributed by atoms with Crippen molar-refractivity contribution in [3.05, 3.63) is 0 Å². The van der Waals surface area contributed by atoms with Crippen molar-refractivity contribution in [1.29, 1.82) is 0 Å². The van der Waals surface area contributed by atoms with Crippen LogP contribution in [0.3, 0.4) is 0 Å². The predicted octanol–water partition coefficient (Wildman–Crippen LogP) is -0.661. The average molecular weight is 298 g/mol. The van der Waals surface area contributed by atoms with Crippen molar-refractivity contribution in [3.8, 4) is 0 Å². The van der Waals surface area contributed by atoms with Gasteiger partial charge in [0.15, 0.2) is 0 Å². The Morgan fingerprint density at radius 2 is 1.72 bits per heavy atom. The number of hydrogen-bond donors (Lipinski definition) is 2. The van der Waals surface area contributed by atoms with Crippen LogP contribution in [0.25, 0.3) is 0 Å². The highest BCUT2D eigenvalue weighted by Gasteiger charge is 2.24. The largest absolute Gasteiger partial charge is 0.317 e. The summed E-state index contributed by atoms with van der Waals surface area (Å²) >= 11 is 0. The molecule has 1 rings (SSSR count). The smallest absolute Gasteiger partial charge is 0.212 e. The molecule has 0 aliphatic carbocycles. The minimum Gasteiger partial charge on any atom is -0.317 e. The molecule has 108 valence electrons. The van der Waals surface area contributed by atoms with Gasteiger partial charge in [0.1, 0.15) is 9.84 Å². The normalized spacial score (nSPS) is 20.8. The molecule has 0 bridgehead atoms. The van der Waals surface area contributed by atoms with Gasteiger partial charge in [0.05, 0.1) is 11.5 Å². The Labute approximate surface area is 110 Å². The van der Waals surface area contributed by atoms with Gasteiger partial charge in [-0.2, -0.15) is 0 Å². The van der Waals surface area contributed by atoms with Crippen molar-refractivity contribution >= 4 is 19.9 Å². The standard InChI is InChI=1S/C10H22N2O4S2/c1-9(10-3-5-11-6-4-10)12-18(15,16)8-7-17(2,13)14/h9-12H,3-8H2,1-2H3. The summed E-state index contributed by atoms with van der Waals surface area (Å²) in [6.45, 7) is 3.65. The van der Waals surface area contributed by atoms with Gasteiger partial charge in [-0.3, -0.25) is 0 Å². The van der Waals surface area contributed by atoms with Crippen LogP contribution >= 0.6 is 0 Å². The SMILES string of the molecule is CC(NS(=O)(=O)CCS(C)(=O)=O)C1CCNCC1. The lowest BCUT2D eigenvalue weighted by Gasteiger charge is -2.28. The third-order valence-electron chi connectivity index (χ3n) is 3.18. The molecule has 1 aliphatic heterocycles. The zero-order valence-corrected chi connectivity index (χ0v) is 12.5. The molecule has 8 heteroatoms. The van der Waals surface area contributed by atoms with Crippen molar-refractivity contribution in [3.63, 3.8) is 0 Å². The Hall–Kier alpha value is -0.180. The lowest BCUT2D eigenvalue weighted by molar-refractivity contribution is 0.316. The number of hydrogen-bond acceptors (Lipinski definition) is 5. The first-order valence-electron chi connectivity index (χ1n) is 6.08. The van der Waals surface area contributed by atoms with Crippen molar-refractivity contribution in [2.45, 2.75) is 25.8 Å². The van der Waals surface area contributed by atoms with Gasteiger partial charge in [-0.25, -0.2) is 21.6 Å². The fourth-order valence-electron chi connectivity index (χ4n) is 2.04. The van der Waals surface area contributed by atoms with Gasteiger partial charge in [0.25, 0.3) is 0 Å². The topological polar surface area (TPSA) is 92.3 Å². The summed E-state index contributed by atoms with van der Waals surface area (Å²) in [4.78, 5) is 0. The molecule has 0 aromatic carbocycles. The molecule has 1 aliphatic rings. The van der Waals surface area contributed by atoms with Crippen LogP contribution in [0.1, 0.15) is 19.8 Å². The molecular formula is C10H22N2O4S2. The molecule has 0 aromatic rings. The minimum absolute atomic E-state index is 0.142. The summed E-state index contributed by atoms with van der Waals surface area (Å²) in [5.74, 6) is -0.373. The van der Waals surface area contributed by atoms with Crippen molar-refractivity contribution < 1.29 is 16.8 Å². The quantitative estimate of drug-likeness (QED) is 0.679. The number of piperidine rings is 1. The van der Waals surface area contributed by atoms with Gasteiger partial charge < -0.3 is 5.32 Å². The molecule has 1 unspecified atom stereocenters. The molecule has 0 aromatic heterocycles. The Kier molecular flexibility index (Phi) is 5.57. The third-order valence-corrected chi connectivity index (χ3v) is 5.86. The summed E-state index contributed by atoms with van der Waals surface area (Å²) in [6.07, 6.45) is 2.92. The molecule has 18 heavy (non-hydrogen) atoms. The maximum atomic E-state index is 11.7. The molecule has 0 radical (unpaired) electrons. The zero-order chi connectivity index (χ0) is 13.8. The Morgan fingerprint density at radius 3 is 2.22 bits per heavy atom. The van der Waals surface area contributed by atoms with Crippen LogP contribution in [0.2, 0.25) is 0 Å². The van der Waals surface area contributed by atoms with Gasteiger partial charge in [0.2, 0.25) is 10.0 Å².